The summed E-state index contributed by atoms with van der Waals surface area (Å²) >= 11 is 0. The summed E-state index contributed by atoms with van der Waals surface area (Å²) in [6, 6.07) is 21.2. The van der Waals surface area contributed by atoms with Crippen molar-refractivity contribution < 1.29 is 8.85 Å². The molecule has 0 amide bonds. The molecule has 4 heteroatoms. The molecule has 0 saturated carbocycles. The van der Waals surface area contributed by atoms with Crippen LogP contribution in [0.5, 0.6) is 0 Å². The van der Waals surface area contributed by atoms with E-state index in [1.54, 1.807) is 0 Å². The first-order chi connectivity index (χ1) is 10.0. The predicted molar refractivity (Wildman–Crippen MR) is 94.2 cm³/mol. The van der Waals surface area contributed by atoms with Crippen LogP contribution in [0.15, 0.2) is 60.7 Å². The van der Waals surface area contributed by atoms with Gasteiger partial charge in [0.2, 0.25) is 16.6 Å². The van der Waals surface area contributed by atoms with Crippen LogP contribution in [0.3, 0.4) is 0 Å². The quantitative estimate of drug-likeness (QED) is 0.763. The molecule has 0 aromatic heterocycles. The summed E-state index contributed by atoms with van der Waals surface area (Å²) in [5.41, 5.74) is 1.01. The van der Waals surface area contributed by atoms with Crippen molar-refractivity contribution in [2.75, 3.05) is 14.2 Å². The molecule has 2 aromatic rings. The second-order valence-corrected chi connectivity index (χ2v) is 14.1. The van der Waals surface area contributed by atoms with E-state index in [1.807, 2.05) is 14.2 Å². The minimum atomic E-state index is -2.00. The summed E-state index contributed by atoms with van der Waals surface area (Å²) < 4.78 is 12.1. The van der Waals surface area contributed by atoms with Gasteiger partial charge in [0.1, 0.15) is 0 Å². The van der Waals surface area contributed by atoms with Crippen LogP contribution in [0.4, 0.5) is 0 Å². The molecule has 21 heavy (non-hydrogen) atoms. The predicted octanol–water partition coefficient (Wildman–Crippen LogP) is 2.78. The molecule has 0 aliphatic heterocycles. The van der Waals surface area contributed by atoms with Crippen LogP contribution in [0, 0.1) is 0 Å². The van der Waals surface area contributed by atoms with Crippen LogP contribution < -0.4 is 10.4 Å². The summed E-state index contributed by atoms with van der Waals surface area (Å²) in [6.45, 7) is 4.57. The molecular formula is C17H24O2Si2. The summed E-state index contributed by atoms with van der Waals surface area (Å²) in [6.07, 6.45) is 0. The first kappa shape index (κ1) is 16.2. The number of benzene rings is 2. The van der Waals surface area contributed by atoms with E-state index in [0.29, 0.717) is 0 Å². The lowest BCUT2D eigenvalue weighted by atomic mass is 10.4. The first-order valence-electron chi connectivity index (χ1n) is 7.25. The van der Waals surface area contributed by atoms with E-state index < -0.39 is 16.6 Å². The Hall–Kier alpha value is -1.21. The first-order valence-corrected chi connectivity index (χ1v) is 12.5. The molecular weight excluding hydrogens is 292 g/mol. The number of hydrogen-bond acceptors (Lipinski definition) is 2. The van der Waals surface area contributed by atoms with Gasteiger partial charge in [-0.05, 0) is 29.1 Å². The highest BCUT2D eigenvalue weighted by atomic mass is 28.4. The lowest BCUT2D eigenvalue weighted by Gasteiger charge is -2.35. The van der Waals surface area contributed by atoms with E-state index in [-0.39, 0.29) is 0 Å². The standard InChI is InChI=1S/C17H24O2Si2/c1-18-20(3,16-11-7-5-8-12-16)15-21(4,19-2)17-13-9-6-10-14-17/h5-14H,15H2,1-4H3. The van der Waals surface area contributed by atoms with Gasteiger partial charge < -0.3 is 8.85 Å². The van der Waals surface area contributed by atoms with Crippen molar-refractivity contribution in [3.8, 4) is 0 Å². The van der Waals surface area contributed by atoms with E-state index in [9.17, 15) is 0 Å². The van der Waals surface area contributed by atoms with Gasteiger partial charge in [-0.3, -0.25) is 0 Å². The van der Waals surface area contributed by atoms with Gasteiger partial charge in [-0.15, -0.1) is 0 Å². The van der Waals surface area contributed by atoms with Crippen LogP contribution in [-0.2, 0) is 8.85 Å². The highest BCUT2D eigenvalue weighted by molar-refractivity contribution is 7.02. The Labute approximate surface area is 130 Å². The summed E-state index contributed by atoms with van der Waals surface area (Å²) in [5.74, 6) is 0. The molecule has 0 fully saturated rings. The Morgan fingerprint density at radius 1 is 0.667 bits per heavy atom. The van der Waals surface area contributed by atoms with E-state index >= 15 is 0 Å². The number of hydrogen-bond donors (Lipinski definition) is 0. The monoisotopic (exact) mass is 316 g/mol. The highest BCUT2D eigenvalue weighted by Crippen LogP contribution is 2.21. The van der Waals surface area contributed by atoms with Gasteiger partial charge in [-0.2, -0.15) is 0 Å². The Morgan fingerprint density at radius 2 is 1.00 bits per heavy atom. The highest BCUT2D eigenvalue weighted by Gasteiger charge is 2.42. The van der Waals surface area contributed by atoms with Crippen molar-refractivity contribution in [1.82, 2.24) is 0 Å². The molecule has 112 valence electrons. The molecule has 2 aromatic carbocycles. The molecule has 2 unspecified atom stereocenters. The molecule has 0 bridgehead atoms. The lowest BCUT2D eigenvalue weighted by Crippen LogP contribution is -2.59. The smallest absolute Gasteiger partial charge is 0.220 e. The van der Waals surface area contributed by atoms with Gasteiger partial charge in [-0.25, -0.2) is 0 Å². The van der Waals surface area contributed by atoms with Gasteiger partial charge >= 0.3 is 0 Å². The maximum Gasteiger partial charge on any atom is 0.220 e. The maximum atomic E-state index is 6.04. The zero-order chi connectivity index (χ0) is 15.3. The van der Waals surface area contributed by atoms with E-state index in [4.69, 9.17) is 8.85 Å². The Bertz CT molecular complexity index is 510. The van der Waals surface area contributed by atoms with Crippen molar-refractivity contribution in [2.45, 2.75) is 18.8 Å². The molecule has 0 N–H and O–H groups in total. The average Bonchev–Trinajstić information content (AvgIpc) is 2.56. The molecule has 0 radical (unpaired) electrons. The minimum absolute atomic E-state index is 1.01. The fraction of sp³-hybridized carbons (Fsp3) is 0.294. The molecule has 0 heterocycles. The minimum Gasteiger partial charge on any atom is -0.416 e. The van der Waals surface area contributed by atoms with E-state index in [2.05, 4.69) is 73.8 Å². The molecule has 0 spiro atoms. The van der Waals surface area contributed by atoms with E-state index in [0.717, 1.165) is 5.67 Å². The Kier molecular flexibility index (Phi) is 5.16. The van der Waals surface area contributed by atoms with Gasteiger partial charge in [0.25, 0.3) is 0 Å². The van der Waals surface area contributed by atoms with Crippen molar-refractivity contribution >= 4 is 27.0 Å². The van der Waals surface area contributed by atoms with Crippen molar-refractivity contribution in [2.24, 2.45) is 0 Å². The second-order valence-electron chi connectivity index (χ2n) is 5.78. The third kappa shape index (κ3) is 3.52. The molecule has 0 aliphatic carbocycles. The normalized spacial score (nSPS) is 17.0. The van der Waals surface area contributed by atoms with Gasteiger partial charge in [0.15, 0.2) is 0 Å². The summed E-state index contributed by atoms with van der Waals surface area (Å²) in [4.78, 5) is 0. The SMILES string of the molecule is CO[Si](C)(C[Si](C)(OC)c1ccccc1)c1ccccc1. The topological polar surface area (TPSA) is 18.5 Å². The molecule has 0 saturated heterocycles. The third-order valence-corrected chi connectivity index (χ3v) is 14.7. The van der Waals surface area contributed by atoms with Gasteiger partial charge in [0.05, 0.1) is 0 Å². The third-order valence-electron chi connectivity index (χ3n) is 4.34. The summed E-state index contributed by atoms with van der Waals surface area (Å²) in [5, 5.41) is 2.67. The molecule has 2 rings (SSSR count). The van der Waals surface area contributed by atoms with Crippen molar-refractivity contribution in [3.63, 3.8) is 0 Å². The number of rotatable bonds is 6. The van der Waals surface area contributed by atoms with Crippen molar-refractivity contribution in [1.29, 1.82) is 0 Å². The van der Waals surface area contributed by atoms with Crippen molar-refractivity contribution in [3.05, 3.63) is 60.7 Å². The molecule has 2 atom stereocenters. The van der Waals surface area contributed by atoms with Crippen LogP contribution in [0.1, 0.15) is 0 Å². The fourth-order valence-electron chi connectivity index (χ4n) is 2.81. The van der Waals surface area contributed by atoms with Crippen LogP contribution in [0.25, 0.3) is 0 Å². The average molecular weight is 317 g/mol. The zero-order valence-corrected chi connectivity index (χ0v) is 15.3. The van der Waals surface area contributed by atoms with Gasteiger partial charge in [-0.1, -0.05) is 60.7 Å². The molecule has 2 nitrogen and oxygen atoms in total. The second kappa shape index (κ2) is 6.70. The van der Waals surface area contributed by atoms with Crippen LogP contribution in [-0.4, -0.2) is 30.9 Å². The van der Waals surface area contributed by atoms with E-state index in [1.165, 1.54) is 10.4 Å². The largest absolute Gasteiger partial charge is 0.416 e. The summed E-state index contributed by atoms with van der Waals surface area (Å²) in [7, 11) is -0.320. The van der Waals surface area contributed by atoms with Gasteiger partial charge in [0, 0.05) is 14.2 Å². The Balaban J connectivity index is 2.36. The van der Waals surface area contributed by atoms with Crippen LogP contribution in [0.2, 0.25) is 18.8 Å². The van der Waals surface area contributed by atoms with Crippen LogP contribution >= 0.6 is 0 Å². The Morgan fingerprint density at radius 3 is 1.29 bits per heavy atom. The zero-order valence-electron chi connectivity index (χ0n) is 13.3. The lowest BCUT2D eigenvalue weighted by molar-refractivity contribution is 0.394. The molecule has 0 aliphatic rings. The fourth-order valence-corrected chi connectivity index (χ4v) is 13.0. The maximum absolute atomic E-state index is 6.04.